The summed E-state index contributed by atoms with van der Waals surface area (Å²) < 4.78 is 0. The molecule has 0 aliphatic carbocycles. The predicted molar refractivity (Wildman–Crippen MR) is 43.3 cm³/mol. The molecule has 0 aromatic heterocycles. The lowest BCUT2D eigenvalue weighted by atomic mass is 10.0. The van der Waals surface area contributed by atoms with Crippen molar-refractivity contribution < 1.29 is 0 Å². The SMILES string of the molecule is CCC(C)(C)/N=C(\C)Cl. The van der Waals surface area contributed by atoms with Gasteiger partial charge in [-0.05, 0) is 27.2 Å². The molecule has 0 heterocycles. The Morgan fingerprint density at radius 2 is 2.00 bits per heavy atom. The van der Waals surface area contributed by atoms with Gasteiger partial charge in [0.15, 0.2) is 0 Å². The van der Waals surface area contributed by atoms with Crippen LogP contribution in [-0.4, -0.2) is 10.7 Å². The van der Waals surface area contributed by atoms with Crippen LogP contribution in [0.5, 0.6) is 0 Å². The van der Waals surface area contributed by atoms with E-state index in [9.17, 15) is 0 Å². The van der Waals surface area contributed by atoms with E-state index in [1.165, 1.54) is 0 Å². The fourth-order valence-electron chi connectivity index (χ4n) is 0.496. The van der Waals surface area contributed by atoms with Crippen molar-refractivity contribution in [1.82, 2.24) is 0 Å². The molecule has 0 atom stereocenters. The van der Waals surface area contributed by atoms with Crippen LogP contribution in [0.25, 0.3) is 0 Å². The molecule has 0 aromatic carbocycles. The number of halogens is 1. The number of hydrogen-bond acceptors (Lipinski definition) is 1. The second-order valence-corrected chi connectivity index (χ2v) is 3.32. The lowest BCUT2D eigenvalue weighted by Gasteiger charge is -2.16. The van der Waals surface area contributed by atoms with Gasteiger partial charge in [-0.3, -0.25) is 4.99 Å². The van der Waals surface area contributed by atoms with E-state index in [1.54, 1.807) is 6.92 Å². The van der Waals surface area contributed by atoms with Gasteiger partial charge in [-0.25, -0.2) is 0 Å². The van der Waals surface area contributed by atoms with Crippen molar-refractivity contribution in [2.45, 2.75) is 39.7 Å². The molecule has 0 amide bonds. The molecular weight excluding hydrogens is 134 g/mol. The summed E-state index contributed by atoms with van der Waals surface area (Å²) in [6.07, 6.45) is 1.02. The molecule has 0 bridgehead atoms. The average molecular weight is 148 g/mol. The van der Waals surface area contributed by atoms with Crippen molar-refractivity contribution in [3.63, 3.8) is 0 Å². The quantitative estimate of drug-likeness (QED) is 0.533. The van der Waals surface area contributed by atoms with Crippen molar-refractivity contribution in [3.05, 3.63) is 0 Å². The summed E-state index contributed by atoms with van der Waals surface area (Å²) in [5, 5.41) is 0.641. The number of aliphatic imine (C=N–C) groups is 1. The Labute approximate surface area is 62.1 Å². The first kappa shape index (κ1) is 8.96. The van der Waals surface area contributed by atoms with Crippen LogP contribution in [0.3, 0.4) is 0 Å². The van der Waals surface area contributed by atoms with Crippen LogP contribution in [-0.2, 0) is 0 Å². The van der Waals surface area contributed by atoms with E-state index in [1.807, 2.05) is 0 Å². The second-order valence-electron chi connectivity index (χ2n) is 2.77. The van der Waals surface area contributed by atoms with Crippen LogP contribution in [0.15, 0.2) is 4.99 Å². The standard InChI is InChI=1S/C7H14ClN/c1-5-7(3,4)9-6(2)8/h5H2,1-4H3/b9-6+. The first-order valence-corrected chi connectivity index (χ1v) is 3.57. The maximum Gasteiger partial charge on any atom is 0.0978 e. The van der Waals surface area contributed by atoms with Gasteiger partial charge in [-0.2, -0.15) is 0 Å². The van der Waals surface area contributed by atoms with Crippen LogP contribution < -0.4 is 0 Å². The molecule has 0 radical (unpaired) electrons. The van der Waals surface area contributed by atoms with Crippen LogP contribution >= 0.6 is 11.6 Å². The van der Waals surface area contributed by atoms with Gasteiger partial charge in [0.1, 0.15) is 0 Å². The van der Waals surface area contributed by atoms with Gasteiger partial charge >= 0.3 is 0 Å². The Balaban J connectivity index is 4.01. The maximum atomic E-state index is 5.59. The van der Waals surface area contributed by atoms with Crippen LogP contribution in [0.4, 0.5) is 0 Å². The normalized spacial score (nSPS) is 14.1. The predicted octanol–water partition coefficient (Wildman–Crippen LogP) is 2.83. The zero-order valence-electron chi connectivity index (χ0n) is 6.53. The number of hydrogen-bond donors (Lipinski definition) is 0. The van der Waals surface area contributed by atoms with Crippen LogP contribution in [0.1, 0.15) is 34.1 Å². The lowest BCUT2D eigenvalue weighted by Crippen LogP contribution is -2.15. The van der Waals surface area contributed by atoms with Gasteiger partial charge in [-0.1, -0.05) is 18.5 Å². The van der Waals surface area contributed by atoms with Gasteiger partial charge in [0.25, 0.3) is 0 Å². The van der Waals surface area contributed by atoms with Gasteiger partial charge < -0.3 is 0 Å². The lowest BCUT2D eigenvalue weighted by molar-refractivity contribution is 0.506. The topological polar surface area (TPSA) is 12.4 Å². The molecule has 0 fully saturated rings. The van der Waals surface area contributed by atoms with Crippen molar-refractivity contribution >= 4 is 16.8 Å². The van der Waals surface area contributed by atoms with Crippen LogP contribution in [0.2, 0.25) is 0 Å². The fourth-order valence-corrected chi connectivity index (χ4v) is 0.725. The number of rotatable bonds is 2. The van der Waals surface area contributed by atoms with Gasteiger partial charge in [0.2, 0.25) is 0 Å². The molecule has 0 N–H and O–H groups in total. The Morgan fingerprint density at radius 1 is 1.56 bits per heavy atom. The highest BCUT2D eigenvalue weighted by Crippen LogP contribution is 2.13. The van der Waals surface area contributed by atoms with E-state index in [-0.39, 0.29) is 5.54 Å². The summed E-state index contributed by atoms with van der Waals surface area (Å²) >= 11 is 5.59. The van der Waals surface area contributed by atoms with E-state index in [0.717, 1.165) is 6.42 Å². The van der Waals surface area contributed by atoms with Gasteiger partial charge in [0.05, 0.1) is 10.7 Å². The minimum absolute atomic E-state index is 0.0197. The highest BCUT2D eigenvalue weighted by atomic mass is 35.5. The molecule has 0 spiro atoms. The molecule has 0 rings (SSSR count). The van der Waals surface area contributed by atoms with Crippen molar-refractivity contribution in [2.75, 3.05) is 0 Å². The number of nitrogens with zero attached hydrogens (tertiary/aromatic N) is 1. The summed E-state index contributed by atoms with van der Waals surface area (Å²) in [6, 6.07) is 0. The largest absolute Gasteiger partial charge is 0.272 e. The first-order valence-electron chi connectivity index (χ1n) is 3.20. The smallest absolute Gasteiger partial charge is 0.0978 e. The average Bonchev–Trinajstić information content (AvgIpc) is 1.63. The molecular formula is C7H14ClN. The molecule has 0 aliphatic rings. The van der Waals surface area contributed by atoms with E-state index < -0.39 is 0 Å². The van der Waals surface area contributed by atoms with Gasteiger partial charge in [-0.15, -0.1) is 0 Å². The molecule has 9 heavy (non-hydrogen) atoms. The summed E-state index contributed by atoms with van der Waals surface area (Å²) in [5.74, 6) is 0. The molecule has 54 valence electrons. The molecule has 2 heteroatoms. The molecule has 0 aliphatic heterocycles. The zero-order chi connectivity index (χ0) is 7.49. The maximum absolute atomic E-state index is 5.59. The minimum atomic E-state index is 0.0197. The highest BCUT2D eigenvalue weighted by molar-refractivity contribution is 6.64. The zero-order valence-corrected chi connectivity index (χ0v) is 7.29. The molecule has 0 saturated heterocycles. The summed E-state index contributed by atoms with van der Waals surface area (Å²) in [7, 11) is 0. The molecule has 0 aromatic rings. The van der Waals surface area contributed by atoms with Crippen molar-refractivity contribution in [2.24, 2.45) is 4.99 Å². The van der Waals surface area contributed by atoms with Gasteiger partial charge in [0, 0.05) is 0 Å². The van der Waals surface area contributed by atoms with E-state index in [4.69, 9.17) is 11.6 Å². The third-order valence-corrected chi connectivity index (χ3v) is 1.41. The van der Waals surface area contributed by atoms with Crippen molar-refractivity contribution in [3.8, 4) is 0 Å². The second kappa shape index (κ2) is 3.21. The third-order valence-electron chi connectivity index (χ3n) is 1.32. The fraction of sp³-hybridized carbons (Fsp3) is 0.857. The summed E-state index contributed by atoms with van der Waals surface area (Å²) in [5.41, 5.74) is 0.0197. The minimum Gasteiger partial charge on any atom is -0.272 e. The molecule has 1 nitrogen and oxygen atoms in total. The van der Waals surface area contributed by atoms with E-state index in [2.05, 4.69) is 25.8 Å². The van der Waals surface area contributed by atoms with Crippen LogP contribution in [0, 0.1) is 0 Å². The first-order chi connectivity index (χ1) is 3.98. The van der Waals surface area contributed by atoms with Crippen molar-refractivity contribution in [1.29, 1.82) is 0 Å². The monoisotopic (exact) mass is 147 g/mol. The molecule has 0 saturated carbocycles. The summed E-state index contributed by atoms with van der Waals surface area (Å²) in [6.45, 7) is 8.04. The Kier molecular flexibility index (Phi) is 3.20. The third kappa shape index (κ3) is 4.46. The van der Waals surface area contributed by atoms with E-state index >= 15 is 0 Å². The highest BCUT2D eigenvalue weighted by Gasteiger charge is 2.11. The van der Waals surface area contributed by atoms with E-state index in [0.29, 0.717) is 5.17 Å². The Morgan fingerprint density at radius 3 is 2.11 bits per heavy atom. The summed E-state index contributed by atoms with van der Waals surface area (Å²) in [4.78, 5) is 4.21. The Hall–Kier alpha value is -0.0400. The Bertz CT molecular complexity index is 112. The molecule has 0 unspecified atom stereocenters.